The third-order valence-electron chi connectivity index (χ3n) is 4.79. The second-order valence-electron chi connectivity index (χ2n) is 7.22. The normalized spacial score (nSPS) is 11.9. The Balaban J connectivity index is 1.52. The van der Waals surface area contributed by atoms with Crippen LogP contribution in [0, 0.1) is 5.82 Å². The Bertz CT molecular complexity index is 1260. The van der Waals surface area contributed by atoms with Gasteiger partial charge in [-0.15, -0.1) is 5.10 Å². The summed E-state index contributed by atoms with van der Waals surface area (Å²) in [5, 5.41) is 9.95. The van der Waals surface area contributed by atoms with Gasteiger partial charge in [0, 0.05) is 0 Å². The lowest BCUT2D eigenvalue weighted by Gasteiger charge is -2.17. The summed E-state index contributed by atoms with van der Waals surface area (Å²) in [6.07, 6.45) is 3.56. The fraction of sp³-hybridized carbons (Fsp3) is 0.115. The Morgan fingerprint density at radius 2 is 1.79 bits per heavy atom. The van der Waals surface area contributed by atoms with Gasteiger partial charge in [-0.1, -0.05) is 72.4 Å². The molecule has 1 atom stereocenters. The van der Waals surface area contributed by atoms with E-state index in [1.807, 2.05) is 55.5 Å². The van der Waals surface area contributed by atoms with Crippen molar-refractivity contribution >= 4 is 35.5 Å². The van der Waals surface area contributed by atoms with E-state index in [0.29, 0.717) is 29.0 Å². The average Bonchev–Trinajstić information content (AvgIpc) is 3.31. The number of hydrogen-bond donors (Lipinski definition) is 2. The Labute approximate surface area is 201 Å². The van der Waals surface area contributed by atoms with Gasteiger partial charge in [0.15, 0.2) is 0 Å². The first-order valence-electron chi connectivity index (χ1n) is 10.7. The predicted molar refractivity (Wildman–Crippen MR) is 133 cm³/mol. The second-order valence-corrected chi connectivity index (χ2v) is 8.29. The molecule has 0 radical (unpaired) electrons. The van der Waals surface area contributed by atoms with Crippen molar-refractivity contribution in [1.82, 2.24) is 15.2 Å². The second kappa shape index (κ2) is 11.3. The third-order valence-corrected chi connectivity index (χ3v) is 5.91. The van der Waals surface area contributed by atoms with Crippen molar-refractivity contribution in [2.24, 2.45) is 0 Å². The van der Waals surface area contributed by atoms with Crippen molar-refractivity contribution in [3.63, 3.8) is 0 Å². The first kappa shape index (κ1) is 23.3. The molecule has 172 valence electrons. The number of H-pyrrole nitrogens is 1. The van der Waals surface area contributed by atoms with Gasteiger partial charge in [-0.25, -0.2) is 9.37 Å². The predicted octanol–water partition coefficient (Wildman–Crippen LogP) is 5.99. The third kappa shape index (κ3) is 6.11. The maximum Gasteiger partial charge on any atom is 0.242 e. The molecule has 6 nitrogen and oxygen atoms in total. The standard InChI is InChI=1S/C26H23FN4O2S/c1-2-33-22-11-7-6-10-21(22)28-25(32)24(19-8-4-3-5-9-19)34-26-29-23(30-31-26)17-14-18-12-15-20(27)16-13-18/h3-17,24H,2H2,1H3,(H,28,32)(H,29,30,31)/b17-14+. The number of benzene rings is 3. The highest BCUT2D eigenvalue weighted by Gasteiger charge is 2.25. The van der Waals surface area contributed by atoms with Crippen LogP contribution in [-0.4, -0.2) is 27.7 Å². The summed E-state index contributed by atoms with van der Waals surface area (Å²) >= 11 is 1.24. The minimum Gasteiger partial charge on any atom is -0.492 e. The number of nitrogens with one attached hydrogen (secondary N) is 2. The summed E-state index contributed by atoms with van der Waals surface area (Å²) in [6.45, 7) is 2.39. The number of hydrogen-bond acceptors (Lipinski definition) is 5. The molecule has 0 spiro atoms. The van der Waals surface area contributed by atoms with E-state index >= 15 is 0 Å². The van der Waals surface area contributed by atoms with E-state index in [0.717, 1.165) is 11.1 Å². The number of amides is 1. The van der Waals surface area contributed by atoms with E-state index < -0.39 is 5.25 Å². The van der Waals surface area contributed by atoms with Crippen LogP contribution in [0.3, 0.4) is 0 Å². The molecule has 1 amide bonds. The number of rotatable bonds is 9. The molecule has 2 N–H and O–H groups in total. The van der Waals surface area contributed by atoms with E-state index in [1.54, 1.807) is 30.4 Å². The summed E-state index contributed by atoms with van der Waals surface area (Å²) in [5.74, 6) is 0.642. The number of nitrogens with zero attached hydrogens (tertiary/aromatic N) is 2. The van der Waals surface area contributed by atoms with Gasteiger partial charge in [-0.05, 0) is 48.4 Å². The molecule has 1 heterocycles. The molecule has 0 aliphatic rings. The van der Waals surface area contributed by atoms with Crippen LogP contribution >= 0.6 is 11.8 Å². The molecule has 34 heavy (non-hydrogen) atoms. The molecule has 0 saturated carbocycles. The number of aromatic amines is 1. The smallest absolute Gasteiger partial charge is 0.242 e. The van der Waals surface area contributed by atoms with Crippen LogP contribution in [0.4, 0.5) is 10.1 Å². The maximum atomic E-state index is 13.3. The van der Waals surface area contributed by atoms with E-state index in [2.05, 4.69) is 20.5 Å². The molecular weight excluding hydrogens is 451 g/mol. The van der Waals surface area contributed by atoms with Crippen LogP contribution < -0.4 is 10.1 Å². The number of para-hydroxylation sites is 2. The van der Waals surface area contributed by atoms with Gasteiger partial charge in [0.25, 0.3) is 0 Å². The summed E-state index contributed by atoms with van der Waals surface area (Å²) in [7, 11) is 0. The highest BCUT2D eigenvalue weighted by Crippen LogP contribution is 2.35. The molecule has 1 unspecified atom stereocenters. The first-order valence-corrected chi connectivity index (χ1v) is 11.6. The van der Waals surface area contributed by atoms with Crippen molar-refractivity contribution < 1.29 is 13.9 Å². The highest BCUT2D eigenvalue weighted by atomic mass is 32.2. The molecule has 1 aromatic heterocycles. The molecule has 0 aliphatic carbocycles. The van der Waals surface area contributed by atoms with Crippen LogP contribution in [-0.2, 0) is 4.79 Å². The van der Waals surface area contributed by atoms with Crippen LogP contribution in [0.1, 0.15) is 29.1 Å². The van der Waals surface area contributed by atoms with E-state index in [1.165, 1.54) is 23.9 Å². The van der Waals surface area contributed by atoms with Crippen LogP contribution in [0.15, 0.2) is 84.0 Å². The van der Waals surface area contributed by atoms with Gasteiger partial charge in [0.1, 0.15) is 22.6 Å². The number of carbonyl (C=O) groups is 1. The molecule has 4 aromatic rings. The number of ether oxygens (including phenoxy) is 1. The van der Waals surface area contributed by atoms with Crippen molar-refractivity contribution in [3.8, 4) is 5.75 Å². The fourth-order valence-corrected chi connectivity index (χ4v) is 4.11. The topological polar surface area (TPSA) is 79.9 Å². The van der Waals surface area contributed by atoms with Gasteiger partial charge in [-0.3, -0.25) is 9.89 Å². The van der Waals surface area contributed by atoms with E-state index in [4.69, 9.17) is 4.74 Å². The van der Waals surface area contributed by atoms with Gasteiger partial charge in [-0.2, -0.15) is 0 Å². The molecule has 8 heteroatoms. The highest BCUT2D eigenvalue weighted by molar-refractivity contribution is 8.00. The maximum absolute atomic E-state index is 13.3. The number of carbonyl (C=O) groups excluding carboxylic acids is 1. The Hall–Kier alpha value is -3.91. The summed E-state index contributed by atoms with van der Waals surface area (Å²) in [5.41, 5.74) is 2.27. The van der Waals surface area contributed by atoms with E-state index in [9.17, 15) is 9.18 Å². The largest absolute Gasteiger partial charge is 0.492 e. The number of thioether (sulfide) groups is 1. The van der Waals surface area contributed by atoms with Crippen molar-refractivity contribution in [1.29, 1.82) is 0 Å². The summed E-state index contributed by atoms with van der Waals surface area (Å²) < 4.78 is 18.7. The zero-order valence-corrected chi connectivity index (χ0v) is 19.3. The number of anilines is 1. The molecular formula is C26H23FN4O2S. The van der Waals surface area contributed by atoms with Crippen molar-refractivity contribution in [2.75, 3.05) is 11.9 Å². The molecule has 0 saturated heterocycles. The van der Waals surface area contributed by atoms with Gasteiger partial charge in [0.2, 0.25) is 11.1 Å². The monoisotopic (exact) mass is 474 g/mol. The van der Waals surface area contributed by atoms with Gasteiger partial charge >= 0.3 is 0 Å². The Kier molecular flexibility index (Phi) is 7.72. The van der Waals surface area contributed by atoms with Gasteiger partial charge < -0.3 is 10.1 Å². The summed E-state index contributed by atoms with van der Waals surface area (Å²) in [6, 6.07) is 22.9. The molecule has 0 bridgehead atoms. The SMILES string of the molecule is CCOc1ccccc1NC(=O)C(Sc1n[nH]c(/C=C/c2ccc(F)cc2)n1)c1ccccc1. The lowest BCUT2D eigenvalue weighted by molar-refractivity contribution is -0.115. The lowest BCUT2D eigenvalue weighted by atomic mass is 10.1. The average molecular weight is 475 g/mol. The molecule has 3 aromatic carbocycles. The minimum absolute atomic E-state index is 0.212. The Morgan fingerprint density at radius 3 is 2.56 bits per heavy atom. The van der Waals surface area contributed by atoms with Crippen LogP contribution in [0.2, 0.25) is 0 Å². The fourth-order valence-electron chi connectivity index (χ4n) is 3.19. The molecule has 0 fully saturated rings. The minimum atomic E-state index is -0.583. The number of aromatic nitrogens is 3. The van der Waals surface area contributed by atoms with Crippen LogP contribution in [0.25, 0.3) is 12.2 Å². The first-order chi connectivity index (χ1) is 16.6. The quantitative estimate of drug-likeness (QED) is 0.292. The zero-order chi connectivity index (χ0) is 23.8. The number of halogens is 1. The van der Waals surface area contributed by atoms with Crippen molar-refractivity contribution in [2.45, 2.75) is 17.3 Å². The lowest BCUT2D eigenvalue weighted by Crippen LogP contribution is -2.19. The summed E-state index contributed by atoms with van der Waals surface area (Å²) in [4.78, 5) is 17.8. The van der Waals surface area contributed by atoms with E-state index in [-0.39, 0.29) is 11.7 Å². The van der Waals surface area contributed by atoms with Crippen LogP contribution in [0.5, 0.6) is 5.75 Å². The Morgan fingerprint density at radius 1 is 1.06 bits per heavy atom. The van der Waals surface area contributed by atoms with Gasteiger partial charge in [0.05, 0.1) is 12.3 Å². The molecule has 4 rings (SSSR count). The zero-order valence-electron chi connectivity index (χ0n) is 18.4. The molecule has 0 aliphatic heterocycles. The van der Waals surface area contributed by atoms with Crippen molar-refractivity contribution in [3.05, 3.63) is 102 Å².